The first-order valence-electron chi connectivity index (χ1n) is 9.45. The fraction of sp³-hybridized carbons (Fsp3) is 0.333. The lowest BCUT2D eigenvalue weighted by Crippen LogP contribution is -2.46. The Kier molecular flexibility index (Phi) is 8.23. The molecule has 0 aliphatic carbocycles. The lowest BCUT2D eigenvalue weighted by Gasteiger charge is -2.27. The van der Waals surface area contributed by atoms with Gasteiger partial charge in [-0.25, -0.2) is 13.8 Å². The third kappa shape index (κ3) is 6.48. The molecular formula is C21H27N3O5S. The van der Waals surface area contributed by atoms with Gasteiger partial charge in [0.1, 0.15) is 17.5 Å². The van der Waals surface area contributed by atoms with Gasteiger partial charge in [-0.2, -0.15) is 5.10 Å². The van der Waals surface area contributed by atoms with Gasteiger partial charge >= 0.3 is 0 Å². The third-order valence-electron chi connectivity index (χ3n) is 4.16. The molecule has 0 spiro atoms. The maximum absolute atomic E-state index is 12.5. The molecule has 0 saturated heterocycles. The molecule has 162 valence electrons. The first kappa shape index (κ1) is 23.2. The largest absolute Gasteiger partial charge is 0.497 e. The molecule has 2 aromatic rings. The van der Waals surface area contributed by atoms with E-state index in [1.807, 2.05) is 31.2 Å². The highest BCUT2D eigenvalue weighted by atomic mass is 32.2. The Morgan fingerprint density at radius 2 is 1.73 bits per heavy atom. The number of carbonyl (C=O) groups is 1. The summed E-state index contributed by atoms with van der Waals surface area (Å²) >= 11 is 0. The molecule has 2 rings (SSSR count). The highest BCUT2D eigenvalue weighted by molar-refractivity contribution is 7.92. The Bertz CT molecular complexity index is 957. The van der Waals surface area contributed by atoms with Crippen LogP contribution in [0.3, 0.4) is 0 Å². The van der Waals surface area contributed by atoms with Gasteiger partial charge in [-0.3, -0.25) is 9.10 Å². The van der Waals surface area contributed by atoms with Crippen LogP contribution in [0.1, 0.15) is 25.8 Å². The molecule has 0 radical (unpaired) electrons. The lowest BCUT2D eigenvalue weighted by atomic mass is 10.2. The highest BCUT2D eigenvalue weighted by Gasteiger charge is 2.29. The molecule has 8 nitrogen and oxygen atoms in total. The number of rotatable bonds is 10. The molecule has 1 amide bonds. The van der Waals surface area contributed by atoms with Gasteiger partial charge in [0.05, 0.1) is 31.9 Å². The Hall–Kier alpha value is -3.07. The number of amides is 1. The number of anilines is 1. The van der Waals surface area contributed by atoms with E-state index in [0.717, 1.165) is 28.3 Å². The van der Waals surface area contributed by atoms with Gasteiger partial charge in [-0.1, -0.05) is 6.92 Å². The number of hydrogen-bond donors (Lipinski definition) is 1. The van der Waals surface area contributed by atoms with Gasteiger partial charge in [0.15, 0.2) is 0 Å². The molecule has 1 N–H and O–H groups in total. The van der Waals surface area contributed by atoms with Crippen molar-refractivity contribution in [3.63, 3.8) is 0 Å². The van der Waals surface area contributed by atoms with Crippen LogP contribution in [-0.4, -0.2) is 46.6 Å². The molecule has 2 aromatic carbocycles. The van der Waals surface area contributed by atoms with Gasteiger partial charge in [-0.15, -0.1) is 0 Å². The van der Waals surface area contributed by atoms with Gasteiger partial charge < -0.3 is 9.47 Å². The first-order valence-corrected chi connectivity index (χ1v) is 11.3. The zero-order valence-electron chi connectivity index (χ0n) is 17.5. The zero-order chi connectivity index (χ0) is 22.1. The van der Waals surface area contributed by atoms with E-state index in [1.54, 1.807) is 24.3 Å². The van der Waals surface area contributed by atoms with Crippen molar-refractivity contribution in [3.05, 3.63) is 54.1 Å². The van der Waals surface area contributed by atoms with Crippen LogP contribution in [0.15, 0.2) is 53.6 Å². The summed E-state index contributed by atoms with van der Waals surface area (Å²) in [6.45, 7) is 4.17. The number of carbonyl (C=O) groups excluding carboxylic acids is 1. The Morgan fingerprint density at radius 3 is 2.27 bits per heavy atom. The third-order valence-corrected chi connectivity index (χ3v) is 5.40. The molecule has 0 heterocycles. The average molecular weight is 434 g/mol. The van der Waals surface area contributed by atoms with Crippen LogP contribution in [-0.2, 0) is 14.8 Å². The van der Waals surface area contributed by atoms with Crippen LogP contribution in [0.2, 0.25) is 0 Å². The summed E-state index contributed by atoms with van der Waals surface area (Å²) in [5.74, 6) is 0.783. The van der Waals surface area contributed by atoms with Crippen molar-refractivity contribution in [1.29, 1.82) is 0 Å². The lowest BCUT2D eigenvalue weighted by molar-refractivity contribution is -0.121. The maximum atomic E-state index is 12.5. The molecule has 0 saturated carbocycles. The monoisotopic (exact) mass is 433 g/mol. The Labute approximate surface area is 177 Å². The van der Waals surface area contributed by atoms with Gasteiger partial charge in [0, 0.05) is 0 Å². The SMILES string of the molecule is CCCOc1ccc(/C=N\NC(=O)[C@@H](C)N(c2ccc(OC)cc2)S(C)(=O)=O)cc1. The van der Waals surface area contributed by atoms with Crippen LogP contribution >= 0.6 is 0 Å². The normalized spacial score (nSPS) is 12.4. The molecule has 30 heavy (non-hydrogen) atoms. The summed E-state index contributed by atoms with van der Waals surface area (Å²) in [5, 5.41) is 3.93. The van der Waals surface area contributed by atoms with E-state index in [1.165, 1.54) is 20.2 Å². The summed E-state index contributed by atoms with van der Waals surface area (Å²) in [6, 6.07) is 12.7. The molecule has 0 aliphatic rings. The second kappa shape index (κ2) is 10.6. The van der Waals surface area contributed by atoms with E-state index >= 15 is 0 Å². The van der Waals surface area contributed by atoms with E-state index in [9.17, 15) is 13.2 Å². The summed E-state index contributed by atoms with van der Waals surface area (Å²) in [6.07, 6.45) is 3.45. The van der Waals surface area contributed by atoms with Crippen LogP contribution in [0.25, 0.3) is 0 Å². The number of benzene rings is 2. The second-order valence-electron chi connectivity index (χ2n) is 6.58. The molecule has 0 unspecified atom stereocenters. The number of hydrogen-bond acceptors (Lipinski definition) is 6. The zero-order valence-corrected chi connectivity index (χ0v) is 18.3. The van der Waals surface area contributed by atoms with E-state index in [2.05, 4.69) is 10.5 Å². The van der Waals surface area contributed by atoms with Crippen molar-refractivity contribution in [2.75, 3.05) is 24.3 Å². The predicted octanol–water partition coefficient (Wildman–Crippen LogP) is 2.79. The summed E-state index contributed by atoms with van der Waals surface area (Å²) in [7, 11) is -2.19. The van der Waals surface area contributed by atoms with Crippen molar-refractivity contribution in [3.8, 4) is 11.5 Å². The number of nitrogens with zero attached hydrogens (tertiary/aromatic N) is 2. The smallest absolute Gasteiger partial charge is 0.263 e. The van der Waals surface area contributed by atoms with Crippen molar-refractivity contribution in [2.45, 2.75) is 26.3 Å². The molecule has 9 heteroatoms. The number of hydrazone groups is 1. The van der Waals surface area contributed by atoms with Crippen molar-refractivity contribution >= 4 is 27.8 Å². The Balaban J connectivity index is 2.06. The fourth-order valence-electron chi connectivity index (χ4n) is 2.67. The first-order chi connectivity index (χ1) is 14.3. The molecule has 0 aliphatic heterocycles. The maximum Gasteiger partial charge on any atom is 0.263 e. The molecule has 1 atom stereocenters. The minimum absolute atomic E-state index is 0.354. The predicted molar refractivity (Wildman–Crippen MR) is 118 cm³/mol. The van der Waals surface area contributed by atoms with Gasteiger partial charge in [0.2, 0.25) is 10.0 Å². The van der Waals surface area contributed by atoms with Crippen molar-refractivity contribution in [2.24, 2.45) is 5.10 Å². The van der Waals surface area contributed by atoms with Crippen LogP contribution in [0.4, 0.5) is 5.69 Å². The minimum atomic E-state index is -3.71. The number of methoxy groups -OCH3 is 1. The minimum Gasteiger partial charge on any atom is -0.497 e. The number of sulfonamides is 1. The van der Waals surface area contributed by atoms with Crippen LogP contribution in [0.5, 0.6) is 11.5 Å². The topological polar surface area (TPSA) is 97.3 Å². The number of ether oxygens (including phenoxy) is 2. The fourth-order valence-corrected chi connectivity index (χ4v) is 3.85. The summed E-state index contributed by atoms with van der Waals surface area (Å²) in [4.78, 5) is 12.5. The summed E-state index contributed by atoms with van der Waals surface area (Å²) in [5.41, 5.74) is 3.51. The summed E-state index contributed by atoms with van der Waals surface area (Å²) < 4.78 is 36.2. The quantitative estimate of drug-likeness (QED) is 0.459. The van der Waals surface area contributed by atoms with Gasteiger partial charge in [0.25, 0.3) is 5.91 Å². The van der Waals surface area contributed by atoms with Crippen molar-refractivity contribution in [1.82, 2.24) is 5.43 Å². The van der Waals surface area contributed by atoms with Crippen LogP contribution in [0, 0.1) is 0 Å². The molecule has 0 aromatic heterocycles. The number of nitrogens with one attached hydrogen (secondary N) is 1. The average Bonchev–Trinajstić information content (AvgIpc) is 2.72. The van der Waals surface area contributed by atoms with Gasteiger partial charge in [-0.05, 0) is 67.4 Å². The standard InChI is InChI=1S/C21H27N3O5S/c1-5-14-29-20-10-6-17(7-11-20)15-22-23-21(25)16(2)24(30(4,26)27)18-8-12-19(28-3)13-9-18/h6-13,15-16H,5,14H2,1-4H3,(H,23,25)/b22-15-/t16-/m1/s1. The van der Waals surface area contributed by atoms with E-state index in [-0.39, 0.29) is 0 Å². The molecular weight excluding hydrogens is 406 g/mol. The van der Waals surface area contributed by atoms with Crippen molar-refractivity contribution < 1.29 is 22.7 Å². The molecule has 0 bridgehead atoms. The van der Waals surface area contributed by atoms with E-state index < -0.39 is 22.0 Å². The molecule has 0 fully saturated rings. The highest BCUT2D eigenvalue weighted by Crippen LogP contribution is 2.23. The van der Waals surface area contributed by atoms with E-state index in [4.69, 9.17) is 9.47 Å². The second-order valence-corrected chi connectivity index (χ2v) is 8.44. The Morgan fingerprint density at radius 1 is 1.13 bits per heavy atom. The van der Waals surface area contributed by atoms with Crippen LogP contribution < -0.4 is 19.2 Å². The van der Waals surface area contributed by atoms with E-state index in [0.29, 0.717) is 18.0 Å².